The third kappa shape index (κ3) is 5.64. The second kappa shape index (κ2) is 12.1. The highest BCUT2D eigenvalue weighted by Gasteiger charge is 2.12. The van der Waals surface area contributed by atoms with Crippen LogP contribution in [0.25, 0.3) is 83.4 Å². The first-order valence-corrected chi connectivity index (χ1v) is 16.3. The Hall–Kier alpha value is -6.72. The van der Waals surface area contributed by atoms with Gasteiger partial charge in [-0.2, -0.15) is 5.10 Å². The summed E-state index contributed by atoms with van der Waals surface area (Å²) in [7, 11) is 0. The Labute approximate surface area is 283 Å². The molecule has 0 N–H and O–H groups in total. The molecule has 0 aliphatic heterocycles. The van der Waals surface area contributed by atoms with Gasteiger partial charge in [0.25, 0.3) is 0 Å². The van der Waals surface area contributed by atoms with Crippen molar-refractivity contribution >= 4 is 16.3 Å². The zero-order valence-corrected chi connectivity index (χ0v) is 26.5. The normalized spacial score (nSPS) is 11.3. The molecule has 0 saturated heterocycles. The molecule has 230 valence electrons. The lowest BCUT2D eigenvalue weighted by Crippen LogP contribution is -1.92. The SMILES string of the molecule is c1cc(-c2cc(-c3ccc(-c4ccncc4)cc3)nc(-c3ccc(-c4ccncc4)cc3)c2)cc(-c2cc3cc4ccccc4cn3n2)c1. The molecule has 0 saturated carbocycles. The fourth-order valence-electron chi connectivity index (χ4n) is 6.42. The highest BCUT2D eigenvalue weighted by atomic mass is 15.2. The van der Waals surface area contributed by atoms with Crippen LogP contribution < -0.4 is 0 Å². The summed E-state index contributed by atoms with van der Waals surface area (Å²) in [4.78, 5) is 13.5. The number of hydrogen-bond donors (Lipinski definition) is 0. The number of rotatable bonds is 6. The van der Waals surface area contributed by atoms with Crippen molar-refractivity contribution in [3.8, 4) is 67.2 Å². The van der Waals surface area contributed by atoms with Crippen LogP contribution in [0.4, 0.5) is 0 Å². The van der Waals surface area contributed by atoms with Crippen LogP contribution in [-0.2, 0) is 0 Å². The molecule has 9 aromatic rings. The average Bonchev–Trinajstić information content (AvgIpc) is 3.61. The van der Waals surface area contributed by atoms with Crippen molar-refractivity contribution in [2.45, 2.75) is 0 Å². The van der Waals surface area contributed by atoms with E-state index in [4.69, 9.17) is 10.1 Å². The summed E-state index contributed by atoms with van der Waals surface area (Å²) < 4.78 is 1.97. The predicted molar refractivity (Wildman–Crippen MR) is 199 cm³/mol. The minimum atomic E-state index is 0.914. The van der Waals surface area contributed by atoms with E-state index in [9.17, 15) is 0 Å². The Morgan fingerprint density at radius 3 is 1.49 bits per heavy atom. The average molecular weight is 628 g/mol. The molecule has 5 heterocycles. The van der Waals surface area contributed by atoms with Gasteiger partial charge >= 0.3 is 0 Å². The summed E-state index contributed by atoms with van der Waals surface area (Å²) >= 11 is 0. The lowest BCUT2D eigenvalue weighted by Gasteiger charge is -2.12. The molecular formula is C44H29N5. The number of aromatic nitrogens is 5. The van der Waals surface area contributed by atoms with Crippen LogP contribution in [-0.4, -0.2) is 24.6 Å². The Balaban J connectivity index is 1.13. The van der Waals surface area contributed by atoms with Crippen molar-refractivity contribution in [1.82, 2.24) is 24.6 Å². The van der Waals surface area contributed by atoms with Gasteiger partial charge in [0, 0.05) is 53.1 Å². The van der Waals surface area contributed by atoms with E-state index in [2.05, 4.69) is 137 Å². The van der Waals surface area contributed by atoms with Gasteiger partial charge in [0.05, 0.1) is 22.6 Å². The van der Waals surface area contributed by atoms with E-state index >= 15 is 0 Å². The van der Waals surface area contributed by atoms with E-state index in [1.54, 1.807) is 0 Å². The summed E-state index contributed by atoms with van der Waals surface area (Å²) in [5.41, 5.74) is 13.7. The van der Waals surface area contributed by atoms with E-state index in [0.717, 1.165) is 78.1 Å². The van der Waals surface area contributed by atoms with Gasteiger partial charge in [-0.05, 0) is 93.4 Å². The second-order valence-electron chi connectivity index (χ2n) is 12.1. The van der Waals surface area contributed by atoms with E-state index in [-0.39, 0.29) is 0 Å². The molecule has 0 bridgehead atoms. The lowest BCUT2D eigenvalue weighted by molar-refractivity contribution is 0.974. The van der Waals surface area contributed by atoms with Crippen LogP contribution in [0.2, 0.25) is 0 Å². The minimum absolute atomic E-state index is 0.914. The highest BCUT2D eigenvalue weighted by Crippen LogP contribution is 2.34. The number of hydrogen-bond acceptors (Lipinski definition) is 4. The van der Waals surface area contributed by atoms with Gasteiger partial charge in [-0.25, -0.2) is 9.50 Å². The molecule has 5 nitrogen and oxygen atoms in total. The van der Waals surface area contributed by atoms with Crippen molar-refractivity contribution in [2.75, 3.05) is 0 Å². The quantitative estimate of drug-likeness (QED) is 0.184. The van der Waals surface area contributed by atoms with Crippen molar-refractivity contribution in [3.05, 3.63) is 177 Å². The molecule has 5 heteroatoms. The molecule has 0 spiro atoms. The molecule has 0 fully saturated rings. The van der Waals surface area contributed by atoms with Gasteiger partial charge in [0.15, 0.2) is 0 Å². The lowest BCUT2D eigenvalue weighted by atomic mass is 9.96. The predicted octanol–water partition coefficient (Wildman–Crippen LogP) is 10.7. The molecule has 5 aromatic heterocycles. The molecular weight excluding hydrogens is 599 g/mol. The van der Waals surface area contributed by atoms with Gasteiger partial charge in [0.2, 0.25) is 0 Å². The van der Waals surface area contributed by atoms with Gasteiger partial charge in [0.1, 0.15) is 0 Å². The van der Waals surface area contributed by atoms with Crippen LogP contribution >= 0.6 is 0 Å². The third-order valence-electron chi connectivity index (χ3n) is 9.03. The number of pyridine rings is 4. The number of nitrogens with zero attached hydrogens (tertiary/aromatic N) is 5. The molecule has 0 aliphatic carbocycles. The fraction of sp³-hybridized carbons (Fsp3) is 0. The Kier molecular flexibility index (Phi) is 7.06. The minimum Gasteiger partial charge on any atom is -0.265 e. The summed E-state index contributed by atoms with van der Waals surface area (Å²) in [6, 6.07) is 51.0. The molecule has 0 unspecified atom stereocenters. The van der Waals surface area contributed by atoms with Crippen LogP contribution in [0.15, 0.2) is 177 Å². The summed E-state index contributed by atoms with van der Waals surface area (Å²) in [6.45, 7) is 0. The first-order valence-electron chi connectivity index (χ1n) is 16.3. The van der Waals surface area contributed by atoms with Crippen LogP contribution in [0.3, 0.4) is 0 Å². The largest absolute Gasteiger partial charge is 0.265 e. The summed E-state index contributed by atoms with van der Waals surface area (Å²) in [6.07, 6.45) is 9.39. The maximum atomic E-state index is 5.20. The maximum Gasteiger partial charge on any atom is 0.0933 e. The number of benzene rings is 4. The molecule has 9 rings (SSSR count). The zero-order chi connectivity index (χ0) is 32.6. The fourth-order valence-corrected chi connectivity index (χ4v) is 6.42. The first kappa shape index (κ1) is 28.5. The van der Waals surface area contributed by atoms with E-state index in [1.807, 2.05) is 53.6 Å². The number of fused-ring (bicyclic) bond motifs is 2. The van der Waals surface area contributed by atoms with E-state index in [0.29, 0.717) is 0 Å². The maximum absolute atomic E-state index is 5.20. The Morgan fingerprint density at radius 1 is 0.347 bits per heavy atom. The van der Waals surface area contributed by atoms with E-state index in [1.165, 1.54) is 5.39 Å². The zero-order valence-electron chi connectivity index (χ0n) is 26.5. The standard InChI is InChI=1S/C44H29N5/c1-2-5-39-29-49-41(25-37(39)4-1)28-44(48-49)38-7-3-6-36(24-38)40-26-42(34-12-8-30(9-13-34)32-16-20-45-21-17-32)47-43(27-40)35-14-10-31(11-15-35)33-18-22-46-23-19-33/h1-29H. The Bertz CT molecular complexity index is 2420. The molecule has 4 aromatic carbocycles. The van der Waals surface area contributed by atoms with Crippen molar-refractivity contribution < 1.29 is 0 Å². The summed E-state index contributed by atoms with van der Waals surface area (Å²) in [5, 5.41) is 7.33. The van der Waals surface area contributed by atoms with Crippen LogP contribution in [0, 0.1) is 0 Å². The van der Waals surface area contributed by atoms with Crippen molar-refractivity contribution in [2.24, 2.45) is 0 Å². The van der Waals surface area contributed by atoms with Gasteiger partial charge < -0.3 is 0 Å². The topological polar surface area (TPSA) is 56.0 Å². The van der Waals surface area contributed by atoms with Gasteiger partial charge in [-0.1, -0.05) is 91.0 Å². The van der Waals surface area contributed by atoms with Gasteiger partial charge in [-0.15, -0.1) is 0 Å². The molecule has 0 atom stereocenters. The summed E-state index contributed by atoms with van der Waals surface area (Å²) in [5.74, 6) is 0. The molecule has 0 amide bonds. The highest BCUT2D eigenvalue weighted by molar-refractivity contribution is 5.87. The molecule has 49 heavy (non-hydrogen) atoms. The van der Waals surface area contributed by atoms with Crippen LogP contribution in [0.1, 0.15) is 0 Å². The third-order valence-corrected chi connectivity index (χ3v) is 9.03. The first-order chi connectivity index (χ1) is 24.2. The Morgan fingerprint density at radius 2 is 0.878 bits per heavy atom. The van der Waals surface area contributed by atoms with E-state index < -0.39 is 0 Å². The molecule has 0 radical (unpaired) electrons. The van der Waals surface area contributed by atoms with Gasteiger partial charge in [-0.3, -0.25) is 9.97 Å². The van der Waals surface area contributed by atoms with Crippen molar-refractivity contribution in [1.29, 1.82) is 0 Å². The monoisotopic (exact) mass is 627 g/mol. The van der Waals surface area contributed by atoms with Crippen LogP contribution in [0.5, 0.6) is 0 Å². The second-order valence-corrected chi connectivity index (χ2v) is 12.1. The smallest absolute Gasteiger partial charge is 0.0933 e. The van der Waals surface area contributed by atoms with Crippen molar-refractivity contribution in [3.63, 3.8) is 0 Å². The molecule has 0 aliphatic rings.